The smallest absolute Gasteiger partial charge is 0.230 e. The second-order valence-corrected chi connectivity index (χ2v) is 8.98. The molecule has 0 aliphatic carbocycles. The van der Waals surface area contributed by atoms with E-state index in [9.17, 15) is 4.79 Å². The van der Waals surface area contributed by atoms with Crippen LogP contribution in [0.15, 0.2) is 39.7 Å². The first-order chi connectivity index (χ1) is 12.5. The summed E-state index contributed by atoms with van der Waals surface area (Å²) in [5.74, 6) is 1.36. The normalized spacial score (nSPS) is 19.1. The molecular weight excluding hydrogens is 390 g/mol. The van der Waals surface area contributed by atoms with E-state index >= 15 is 0 Å². The van der Waals surface area contributed by atoms with Crippen LogP contribution >= 0.6 is 34.7 Å². The summed E-state index contributed by atoms with van der Waals surface area (Å²) in [6, 6.07) is 7.24. The van der Waals surface area contributed by atoms with Crippen LogP contribution in [-0.4, -0.2) is 34.7 Å². The third-order valence-corrected chi connectivity index (χ3v) is 6.39. The van der Waals surface area contributed by atoms with Crippen LogP contribution in [0.1, 0.15) is 25.8 Å². The maximum Gasteiger partial charge on any atom is 0.230 e. The summed E-state index contributed by atoms with van der Waals surface area (Å²) in [5, 5.41) is 4.09. The van der Waals surface area contributed by atoms with Gasteiger partial charge < -0.3 is 10.1 Å². The van der Waals surface area contributed by atoms with Gasteiger partial charge in [0.15, 0.2) is 11.0 Å². The Bertz CT molecular complexity index is 807. The van der Waals surface area contributed by atoms with Crippen molar-refractivity contribution in [1.82, 2.24) is 4.98 Å². The van der Waals surface area contributed by atoms with Gasteiger partial charge in [0, 0.05) is 5.02 Å². The minimum Gasteiger partial charge on any atom is -0.472 e. The number of amides is 1. The molecule has 0 fully saturated rings. The first kappa shape index (κ1) is 19.2. The van der Waals surface area contributed by atoms with Crippen LogP contribution in [0.2, 0.25) is 5.02 Å². The molecule has 0 radical (unpaired) electrons. The fourth-order valence-corrected chi connectivity index (χ4v) is 4.22. The van der Waals surface area contributed by atoms with Crippen LogP contribution in [-0.2, 0) is 16.0 Å². The Balaban J connectivity index is 1.47. The molecule has 2 heterocycles. The van der Waals surface area contributed by atoms with E-state index < -0.39 is 0 Å². The number of ether oxygens (including phenoxy) is 1. The Morgan fingerprint density at radius 3 is 2.88 bits per heavy atom. The quantitative estimate of drug-likeness (QED) is 0.675. The lowest BCUT2D eigenvalue weighted by Crippen LogP contribution is -2.28. The number of thioether (sulfide) groups is 1. The molecule has 3 rings (SSSR count). The number of aliphatic imine (C=N–C) groups is 1. The van der Waals surface area contributed by atoms with Gasteiger partial charge in [-0.25, -0.2) is 4.98 Å². The molecule has 0 spiro atoms. The number of nitrogens with one attached hydrogen (secondary N) is 1. The Morgan fingerprint density at radius 2 is 2.19 bits per heavy atom. The Hall–Kier alpha value is -1.57. The second kappa shape index (κ2) is 8.41. The third kappa shape index (κ3) is 5.22. The highest BCUT2D eigenvalue weighted by Gasteiger charge is 2.30. The van der Waals surface area contributed by atoms with Crippen molar-refractivity contribution >= 4 is 51.6 Å². The highest BCUT2D eigenvalue weighted by Crippen LogP contribution is 2.30. The van der Waals surface area contributed by atoms with Crippen LogP contribution < -0.4 is 5.32 Å². The number of benzene rings is 1. The third-order valence-electron chi connectivity index (χ3n) is 4.05. The molecule has 1 aromatic carbocycles. The molecule has 2 aromatic rings. The minimum absolute atomic E-state index is 0.0968. The highest BCUT2D eigenvalue weighted by molar-refractivity contribution is 8.01. The van der Waals surface area contributed by atoms with E-state index in [0.29, 0.717) is 28.9 Å². The number of hydrogen-bond acceptors (Lipinski definition) is 6. The van der Waals surface area contributed by atoms with E-state index in [0.717, 1.165) is 22.1 Å². The van der Waals surface area contributed by atoms with Gasteiger partial charge in [-0.1, -0.05) is 42.0 Å². The molecule has 1 amide bonds. The Labute approximate surface area is 166 Å². The van der Waals surface area contributed by atoms with Gasteiger partial charge in [-0.3, -0.25) is 9.79 Å². The molecule has 138 valence electrons. The molecule has 8 heteroatoms. The number of anilines is 1. The van der Waals surface area contributed by atoms with Crippen molar-refractivity contribution in [2.24, 2.45) is 4.99 Å². The van der Waals surface area contributed by atoms with Crippen molar-refractivity contribution in [3.8, 4) is 0 Å². The van der Waals surface area contributed by atoms with E-state index in [2.05, 4.69) is 29.1 Å². The summed E-state index contributed by atoms with van der Waals surface area (Å²) < 4.78 is 6.92. The summed E-state index contributed by atoms with van der Waals surface area (Å²) >= 11 is 8.92. The molecule has 1 aliphatic heterocycles. The average molecular weight is 410 g/mol. The SMILES string of the molecule is CCC1(C)CN=C(CSc2cnc(NC(=O)Cc3ccc(Cl)cc3)s2)O1. The van der Waals surface area contributed by atoms with Gasteiger partial charge in [0.25, 0.3) is 0 Å². The van der Waals surface area contributed by atoms with Crippen LogP contribution in [0.3, 0.4) is 0 Å². The first-order valence-corrected chi connectivity index (χ1v) is 10.5. The fraction of sp³-hybridized carbons (Fsp3) is 0.389. The molecular formula is C18H20ClN3O2S2. The number of rotatable bonds is 7. The van der Waals surface area contributed by atoms with Crippen LogP contribution in [0.5, 0.6) is 0 Å². The van der Waals surface area contributed by atoms with Gasteiger partial charge in [-0.15, -0.1) is 11.8 Å². The number of thiazole rings is 1. The number of carbonyl (C=O) groups is 1. The van der Waals surface area contributed by atoms with E-state index in [1.807, 2.05) is 12.1 Å². The number of nitrogens with zero attached hydrogens (tertiary/aromatic N) is 2. The molecule has 0 saturated heterocycles. The fourth-order valence-electron chi connectivity index (χ4n) is 2.33. The lowest BCUT2D eigenvalue weighted by molar-refractivity contribution is -0.115. The monoisotopic (exact) mass is 409 g/mol. The van der Waals surface area contributed by atoms with Crippen molar-refractivity contribution in [1.29, 1.82) is 0 Å². The zero-order chi connectivity index (χ0) is 18.6. The van der Waals surface area contributed by atoms with Gasteiger partial charge in [0.2, 0.25) is 5.91 Å². The Kier molecular flexibility index (Phi) is 6.21. The maximum absolute atomic E-state index is 12.1. The zero-order valence-corrected chi connectivity index (χ0v) is 17.0. The molecule has 5 nitrogen and oxygen atoms in total. The van der Waals surface area contributed by atoms with Crippen LogP contribution in [0, 0.1) is 0 Å². The summed E-state index contributed by atoms with van der Waals surface area (Å²) in [6.45, 7) is 4.90. The van der Waals surface area contributed by atoms with Crippen molar-refractivity contribution < 1.29 is 9.53 Å². The van der Waals surface area contributed by atoms with E-state index in [4.69, 9.17) is 16.3 Å². The van der Waals surface area contributed by atoms with Crippen molar-refractivity contribution in [3.63, 3.8) is 0 Å². The highest BCUT2D eigenvalue weighted by atomic mass is 35.5. The standard InChI is InChI=1S/C18H20ClN3O2S2/c1-3-18(2)11-21-15(24-18)10-25-16-9-20-17(26-16)22-14(23)8-12-4-6-13(19)7-5-12/h4-7,9H,3,8,10-11H2,1-2H3,(H,20,22,23). The summed E-state index contributed by atoms with van der Waals surface area (Å²) in [4.78, 5) is 20.9. The molecule has 26 heavy (non-hydrogen) atoms. The van der Waals surface area contributed by atoms with Gasteiger partial charge in [0.05, 0.1) is 29.1 Å². The first-order valence-electron chi connectivity index (χ1n) is 8.31. The van der Waals surface area contributed by atoms with Crippen LogP contribution in [0.4, 0.5) is 5.13 Å². The maximum atomic E-state index is 12.1. The summed E-state index contributed by atoms with van der Waals surface area (Å²) in [6.07, 6.45) is 3.00. The number of aromatic nitrogens is 1. The summed E-state index contributed by atoms with van der Waals surface area (Å²) in [7, 11) is 0. The second-order valence-electron chi connectivity index (χ2n) is 6.24. The van der Waals surface area contributed by atoms with E-state index in [1.165, 1.54) is 11.3 Å². The van der Waals surface area contributed by atoms with Crippen molar-refractivity contribution in [2.45, 2.75) is 36.5 Å². The zero-order valence-electron chi connectivity index (χ0n) is 14.6. The topological polar surface area (TPSA) is 63.6 Å². The molecule has 1 N–H and O–H groups in total. The molecule has 1 aliphatic rings. The number of carbonyl (C=O) groups excluding carboxylic acids is 1. The predicted molar refractivity (Wildman–Crippen MR) is 109 cm³/mol. The number of hydrogen-bond donors (Lipinski definition) is 1. The molecule has 0 bridgehead atoms. The van der Waals surface area contributed by atoms with Gasteiger partial charge in [-0.05, 0) is 31.0 Å². The van der Waals surface area contributed by atoms with Crippen molar-refractivity contribution in [2.75, 3.05) is 17.6 Å². The molecule has 1 unspecified atom stereocenters. The lowest BCUT2D eigenvalue weighted by Gasteiger charge is -2.21. The minimum atomic E-state index is -0.162. The van der Waals surface area contributed by atoms with E-state index in [1.54, 1.807) is 30.1 Å². The number of halogens is 1. The van der Waals surface area contributed by atoms with Crippen LogP contribution in [0.25, 0.3) is 0 Å². The van der Waals surface area contributed by atoms with Gasteiger partial charge in [-0.2, -0.15) is 0 Å². The van der Waals surface area contributed by atoms with Gasteiger partial charge >= 0.3 is 0 Å². The Morgan fingerprint density at radius 1 is 1.42 bits per heavy atom. The molecule has 1 aromatic heterocycles. The molecule has 0 saturated carbocycles. The summed E-state index contributed by atoms with van der Waals surface area (Å²) in [5.41, 5.74) is 0.748. The average Bonchev–Trinajstić information content (AvgIpc) is 3.22. The lowest BCUT2D eigenvalue weighted by atomic mass is 10.1. The molecule has 1 atom stereocenters. The van der Waals surface area contributed by atoms with Gasteiger partial charge in [0.1, 0.15) is 5.60 Å². The predicted octanol–water partition coefficient (Wildman–Crippen LogP) is 4.67. The van der Waals surface area contributed by atoms with E-state index in [-0.39, 0.29) is 11.5 Å². The largest absolute Gasteiger partial charge is 0.472 e. The van der Waals surface area contributed by atoms with Crippen molar-refractivity contribution in [3.05, 3.63) is 41.0 Å².